The molecule has 4 heterocycles. The van der Waals surface area contributed by atoms with Crippen LogP contribution in [0.3, 0.4) is 0 Å². The lowest BCUT2D eigenvalue weighted by atomic mass is 9.82. The second-order valence-electron chi connectivity index (χ2n) is 9.12. The monoisotopic (exact) mass is 397 g/mol. The first-order chi connectivity index (χ1) is 13.4. The fraction of sp³-hybridized carbons (Fsp3) is 0.591. The summed E-state index contributed by atoms with van der Waals surface area (Å²) in [7, 11) is 0. The van der Waals surface area contributed by atoms with Crippen LogP contribution in [0.2, 0.25) is 0 Å². The van der Waals surface area contributed by atoms with Crippen LogP contribution in [-0.2, 0) is 27.0 Å². The average Bonchev–Trinajstić information content (AvgIpc) is 3.03. The molecule has 1 aliphatic carbocycles. The van der Waals surface area contributed by atoms with E-state index in [1.165, 1.54) is 10.4 Å². The van der Waals surface area contributed by atoms with Gasteiger partial charge in [-0.05, 0) is 55.0 Å². The maximum absolute atomic E-state index is 13.6. The summed E-state index contributed by atoms with van der Waals surface area (Å²) in [6.07, 6.45) is 5.38. The van der Waals surface area contributed by atoms with Crippen molar-refractivity contribution >= 4 is 17.2 Å². The van der Waals surface area contributed by atoms with Crippen LogP contribution in [-0.4, -0.2) is 40.5 Å². The van der Waals surface area contributed by atoms with E-state index in [1.807, 2.05) is 13.1 Å². The van der Waals surface area contributed by atoms with Crippen LogP contribution in [0.1, 0.15) is 55.1 Å². The second-order valence-corrected chi connectivity index (χ2v) is 10.1. The highest BCUT2D eigenvalue weighted by atomic mass is 32.1. The van der Waals surface area contributed by atoms with Crippen molar-refractivity contribution in [3.63, 3.8) is 0 Å². The van der Waals surface area contributed by atoms with Gasteiger partial charge in [0.25, 0.3) is 0 Å². The number of nitrogens with zero attached hydrogens (tertiary/aromatic N) is 3. The summed E-state index contributed by atoms with van der Waals surface area (Å²) >= 11 is 1.71. The maximum Gasteiger partial charge on any atom is 0.234 e. The fourth-order valence-corrected chi connectivity index (χ4v) is 6.35. The molecule has 5 nitrogen and oxygen atoms in total. The molecule has 0 radical (unpaired) electrons. The average molecular weight is 398 g/mol. The first-order valence-corrected chi connectivity index (χ1v) is 11.1. The first kappa shape index (κ1) is 18.3. The highest BCUT2D eigenvalue weighted by Crippen LogP contribution is 2.66. The number of fused-ring (bicyclic) bond motifs is 2. The number of hydrogen-bond donors (Lipinski definition) is 0. The van der Waals surface area contributed by atoms with E-state index in [1.54, 1.807) is 11.3 Å². The third-order valence-electron chi connectivity index (χ3n) is 7.07. The van der Waals surface area contributed by atoms with Crippen LogP contribution in [0.4, 0.5) is 0 Å². The van der Waals surface area contributed by atoms with E-state index >= 15 is 0 Å². The lowest BCUT2D eigenvalue weighted by molar-refractivity contribution is -0.144. The van der Waals surface area contributed by atoms with E-state index in [0.29, 0.717) is 12.5 Å². The van der Waals surface area contributed by atoms with Crippen LogP contribution in [0, 0.1) is 12.3 Å². The highest BCUT2D eigenvalue weighted by Gasteiger charge is 2.68. The molecule has 1 spiro atoms. The molecule has 1 saturated heterocycles. The zero-order valence-corrected chi connectivity index (χ0v) is 17.6. The molecule has 148 valence electrons. The predicted octanol–water partition coefficient (Wildman–Crippen LogP) is 3.60. The van der Waals surface area contributed by atoms with Gasteiger partial charge in [0.2, 0.25) is 5.91 Å². The Bertz CT molecular complexity index is 916. The largest absolute Gasteiger partial charge is 0.368 e. The van der Waals surface area contributed by atoms with Gasteiger partial charge in [-0.1, -0.05) is 19.9 Å². The van der Waals surface area contributed by atoms with E-state index < -0.39 is 0 Å². The summed E-state index contributed by atoms with van der Waals surface area (Å²) in [6, 6.07) is 4.19. The van der Waals surface area contributed by atoms with Crippen molar-refractivity contribution in [1.29, 1.82) is 0 Å². The molecular weight excluding hydrogens is 370 g/mol. The number of hydrogen-bond acceptors (Lipinski definition) is 5. The molecule has 0 bridgehead atoms. The smallest absolute Gasteiger partial charge is 0.234 e. The van der Waals surface area contributed by atoms with Gasteiger partial charge in [0, 0.05) is 24.2 Å². The quantitative estimate of drug-likeness (QED) is 0.777. The molecule has 1 amide bonds. The van der Waals surface area contributed by atoms with Gasteiger partial charge in [-0.3, -0.25) is 4.79 Å². The Labute approximate surface area is 170 Å². The van der Waals surface area contributed by atoms with Crippen LogP contribution >= 0.6 is 11.3 Å². The van der Waals surface area contributed by atoms with E-state index in [0.717, 1.165) is 50.3 Å². The van der Waals surface area contributed by atoms with Gasteiger partial charge >= 0.3 is 0 Å². The van der Waals surface area contributed by atoms with E-state index in [4.69, 9.17) is 9.72 Å². The van der Waals surface area contributed by atoms with Gasteiger partial charge in [0.1, 0.15) is 11.4 Å². The number of aryl methyl sites for hydroxylation is 1. The number of thiophene rings is 1. The van der Waals surface area contributed by atoms with Gasteiger partial charge in [0.05, 0.1) is 17.7 Å². The van der Waals surface area contributed by atoms with Crippen molar-refractivity contribution in [2.75, 3.05) is 19.7 Å². The summed E-state index contributed by atoms with van der Waals surface area (Å²) in [4.78, 5) is 26.0. The second kappa shape index (κ2) is 6.10. The number of carbonyl (C=O) groups excluding carboxylic acids is 1. The summed E-state index contributed by atoms with van der Waals surface area (Å²) in [5, 5.41) is 2.08. The minimum Gasteiger partial charge on any atom is -0.368 e. The molecule has 1 saturated carbocycles. The van der Waals surface area contributed by atoms with Crippen LogP contribution in [0.5, 0.6) is 0 Å². The van der Waals surface area contributed by atoms with E-state index in [2.05, 4.69) is 41.2 Å². The minimum absolute atomic E-state index is 0.0301. The third-order valence-corrected chi connectivity index (χ3v) is 8.10. The van der Waals surface area contributed by atoms with Gasteiger partial charge in [-0.2, -0.15) is 0 Å². The highest BCUT2D eigenvalue weighted by molar-refractivity contribution is 7.10. The fourth-order valence-electron chi connectivity index (χ4n) is 5.25. The number of aromatic nitrogens is 2. The summed E-state index contributed by atoms with van der Waals surface area (Å²) < 4.78 is 6.30. The Kier molecular flexibility index (Phi) is 3.98. The number of rotatable bonds is 2. The molecule has 0 N–H and O–H groups in total. The summed E-state index contributed by atoms with van der Waals surface area (Å²) in [5.41, 5.74) is 1.60. The zero-order chi connectivity index (χ0) is 19.6. The topological polar surface area (TPSA) is 55.3 Å². The van der Waals surface area contributed by atoms with Crippen LogP contribution in [0.25, 0.3) is 0 Å². The third kappa shape index (κ3) is 2.50. The summed E-state index contributed by atoms with van der Waals surface area (Å²) in [5.74, 6) is 1.09. The minimum atomic E-state index is -0.354. The number of piperidine rings is 1. The van der Waals surface area contributed by atoms with Crippen molar-refractivity contribution in [3.8, 4) is 0 Å². The Morgan fingerprint density at radius 2 is 2.04 bits per heavy atom. The van der Waals surface area contributed by atoms with Crippen molar-refractivity contribution in [1.82, 2.24) is 14.9 Å². The number of ether oxygens (including phenoxy) is 1. The Hall–Kier alpha value is -1.79. The van der Waals surface area contributed by atoms with E-state index in [9.17, 15) is 4.79 Å². The van der Waals surface area contributed by atoms with Crippen molar-refractivity contribution < 1.29 is 9.53 Å². The lowest BCUT2D eigenvalue weighted by Gasteiger charge is -2.45. The molecule has 2 aliphatic heterocycles. The lowest BCUT2D eigenvalue weighted by Crippen LogP contribution is -2.51. The van der Waals surface area contributed by atoms with Gasteiger partial charge in [0.15, 0.2) is 0 Å². The summed E-state index contributed by atoms with van der Waals surface area (Å²) in [6.45, 7) is 8.53. The Morgan fingerprint density at radius 1 is 1.29 bits per heavy atom. The first-order valence-electron chi connectivity index (χ1n) is 10.2. The Morgan fingerprint density at radius 3 is 2.68 bits per heavy atom. The molecule has 2 fully saturated rings. The molecule has 2 aromatic rings. The zero-order valence-electron chi connectivity index (χ0n) is 16.8. The molecule has 1 unspecified atom stereocenters. The molecular formula is C22H27N3O2S. The number of amides is 1. The molecule has 0 aromatic carbocycles. The van der Waals surface area contributed by atoms with Crippen molar-refractivity contribution in [3.05, 3.63) is 45.7 Å². The van der Waals surface area contributed by atoms with Crippen molar-refractivity contribution in [2.24, 2.45) is 5.41 Å². The van der Waals surface area contributed by atoms with Gasteiger partial charge in [-0.15, -0.1) is 11.3 Å². The van der Waals surface area contributed by atoms with Gasteiger partial charge in [-0.25, -0.2) is 9.97 Å². The van der Waals surface area contributed by atoms with Crippen LogP contribution in [0.15, 0.2) is 23.7 Å². The molecule has 3 aliphatic rings. The van der Waals surface area contributed by atoms with Crippen molar-refractivity contribution in [2.45, 2.75) is 57.5 Å². The normalized spacial score (nSPS) is 27.5. The predicted molar refractivity (Wildman–Crippen MR) is 108 cm³/mol. The maximum atomic E-state index is 13.6. The molecule has 6 heteroatoms. The number of likely N-dealkylation sites (tertiary alicyclic amines) is 1. The SMILES string of the molecule is Cc1ncc2c(n1)C1(CCN(C(=O)C3(c4cccs4)CC3(C)C)CC1)OCC2. The standard InChI is InChI=1S/C22H27N3O2S/c1-15-23-13-16-6-11-27-21(18(16)24-15)7-9-25(10-8-21)19(26)22(14-20(22,2)3)17-5-4-12-28-17/h4-5,12-13H,6-11,14H2,1-3H3. The van der Waals surface area contributed by atoms with E-state index in [-0.39, 0.29) is 16.4 Å². The van der Waals surface area contributed by atoms with Gasteiger partial charge < -0.3 is 9.64 Å². The Balaban J connectivity index is 1.39. The molecule has 1 atom stereocenters. The molecule has 2 aromatic heterocycles. The van der Waals surface area contributed by atoms with Crippen LogP contribution < -0.4 is 0 Å². The number of carbonyl (C=O) groups is 1. The molecule has 5 rings (SSSR count). The molecule has 28 heavy (non-hydrogen) atoms.